The minimum absolute atomic E-state index is 0.129. The summed E-state index contributed by atoms with van der Waals surface area (Å²) in [4.78, 5) is 12.1. The first kappa shape index (κ1) is 25.3. The second kappa shape index (κ2) is 12.1. The van der Waals surface area contributed by atoms with Gasteiger partial charge in [-0.15, -0.1) is 0 Å². The Morgan fingerprint density at radius 1 is 1.10 bits per heavy atom. The van der Waals surface area contributed by atoms with Gasteiger partial charge in [-0.05, 0) is 55.3 Å². The van der Waals surface area contributed by atoms with E-state index in [1.54, 1.807) is 31.2 Å². The number of sulfonamides is 1. The molecule has 0 bridgehead atoms. The van der Waals surface area contributed by atoms with Crippen LogP contribution in [-0.2, 0) is 26.0 Å². The molecule has 9 heteroatoms. The Hall–Kier alpha value is -2.00. The number of benzene rings is 2. The summed E-state index contributed by atoms with van der Waals surface area (Å²) >= 11 is 11.4. The standard InChI is InChI=1S/C22H27ClN2O4S2/c1-3-5-6-20(25-31(27,28)19-13-9-17(23)10-14-19)22(30)24-18-11-7-16(8-12-18)15-21(26)29-4-2/h7-14,20,25H,3-6,15H2,1-2H3,(H,24,30). The number of carbonyl (C=O) groups is 1. The van der Waals surface area contributed by atoms with Crippen LogP contribution in [0.1, 0.15) is 38.7 Å². The van der Waals surface area contributed by atoms with Crippen LogP contribution in [-0.4, -0.2) is 32.0 Å². The summed E-state index contributed by atoms with van der Waals surface area (Å²) in [5, 5.41) is 3.57. The van der Waals surface area contributed by atoms with Crippen LogP contribution in [0, 0.1) is 0 Å². The molecular formula is C22H27ClN2O4S2. The largest absolute Gasteiger partial charge is 0.466 e. The third-order valence-corrected chi connectivity index (χ3v) is 6.59. The molecule has 0 amide bonds. The fourth-order valence-electron chi connectivity index (χ4n) is 2.83. The van der Waals surface area contributed by atoms with Crippen molar-refractivity contribution in [3.8, 4) is 0 Å². The van der Waals surface area contributed by atoms with Gasteiger partial charge >= 0.3 is 5.97 Å². The number of nitrogens with one attached hydrogen (secondary N) is 2. The van der Waals surface area contributed by atoms with Crippen molar-refractivity contribution in [2.75, 3.05) is 11.9 Å². The first-order chi connectivity index (χ1) is 14.7. The fourth-order valence-corrected chi connectivity index (χ4v) is 4.57. The topological polar surface area (TPSA) is 84.5 Å². The van der Waals surface area contributed by atoms with Crippen LogP contribution in [0.2, 0.25) is 5.02 Å². The van der Waals surface area contributed by atoms with E-state index in [1.807, 2.05) is 6.92 Å². The highest BCUT2D eigenvalue weighted by molar-refractivity contribution is 7.89. The van der Waals surface area contributed by atoms with Gasteiger partial charge in [-0.1, -0.05) is 55.7 Å². The molecular weight excluding hydrogens is 456 g/mol. The maximum Gasteiger partial charge on any atom is 0.310 e. The molecule has 2 aromatic carbocycles. The van der Waals surface area contributed by atoms with Crippen molar-refractivity contribution in [3.63, 3.8) is 0 Å². The molecule has 31 heavy (non-hydrogen) atoms. The Morgan fingerprint density at radius 3 is 2.32 bits per heavy atom. The molecule has 0 radical (unpaired) electrons. The lowest BCUT2D eigenvalue weighted by Gasteiger charge is -2.21. The van der Waals surface area contributed by atoms with Gasteiger partial charge in [-0.2, -0.15) is 0 Å². The third kappa shape index (κ3) is 8.22. The number of unbranched alkanes of at least 4 members (excludes halogenated alkanes) is 1. The highest BCUT2D eigenvalue weighted by Gasteiger charge is 2.23. The van der Waals surface area contributed by atoms with E-state index in [2.05, 4.69) is 10.0 Å². The van der Waals surface area contributed by atoms with Crippen LogP contribution in [0.25, 0.3) is 0 Å². The van der Waals surface area contributed by atoms with E-state index < -0.39 is 16.1 Å². The van der Waals surface area contributed by atoms with E-state index >= 15 is 0 Å². The van der Waals surface area contributed by atoms with Crippen molar-refractivity contribution in [2.45, 2.75) is 50.5 Å². The number of esters is 1. The van der Waals surface area contributed by atoms with Crippen LogP contribution in [0.3, 0.4) is 0 Å². The van der Waals surface area contributed by atoms with Crippen molar-refractivity contribution < 1.29 is 17.9 Å². The van der Waals surface area contributed by atoms with Crippen molar-refractivity contribution >= 4 is 50.5 Å². The molecule has 1 atom stereocenters. The first-order valence-electron chi connectivity index (χ1n) is 10.1. The molecule has 0 aliphatic carbocycles. The number of hydrogen-bond donors (Lipinski definition) is 2. The maximum atomic E-state index is 12.8. The summed E-state index contributed by atoms with van der Waals surface area (Å²) in [5.74, 6) is -0.282. The number of hydrogen-bond acceptors (Lipinski definition) is 5. The van der Waals surface area contributed by atoms with Gasteiger partial charge in [0.15, 0.2) is 0 Å². The zero-order valence-electron chi connectivity index (χ0n) is 17.6. The molecule has 0 saturated carbocycles. The Morgan fingerprint density at radius 2 is 1.74 bits per heavy atom. The quantitative estimate of drug-likeness (QED) is 0.356. The molecule has 0 aliphatic heterocycles. The predicted molar refractivity (Wildman–Crippen MR) is 128 cm³/mol. The van der Waals surface area contributed by atoms with Crippen LogP contribution in [0.4, 0.5) is 5.69 Å². The first-order valence-corrected chi connectivity index (χ1v) is 12.4. The van der Waals surface area contributed by atoms with Crippen LogP contribution in [0.5, 0.6) is 0 Å². The molecule has 2 rings (SSSR count). The number of anilines is 1. The van der Waals surface area contributed by atoms with Gasteiger partial charge in [0.25, 0.3) is 0 Å². The molecule has 0 spiro atoms. The molecule has 0 fully saturated rings. The van der Waals surface area contributed by atoms with Gasteiger partial charge in [-0.25, -0.2) is 13.1 Å². The van der Waals surface area contributed by atoms with Crippen molar-refractivity contribution in [3.05, 3.63) is 59.1 Å². The van der Waals surface area contributed by atoms with E-state index in [-0.39, 0.29) is 17.3 Å². The smallest absolute Gasteiger partial charge is 0.310 e. The number of ether oxygens (including phenoxy) is 1. The Balaban J connectivity index is 2.08. The SMILES string of the molecule is CCCCC(NS(=O)(=O)c1ccc(Cl)cc1)C(=S)Nc1ccc(CC(=O)OCC)cc1. The highest BCUT2D eigenvalue weighted by atomic mass is 35.5. The monoisotopic (exact) mass is 482 g/mol. The number of rotatable bonds is 11. The second-order valence-corrected chi connectivity index (χ2v) is 9.53. The molecule has 6 nitrogen and oxygen atoms in total. The van der Waals surface area contributed by atoms with Gasteiger partial charge in [-0.3, -0.25) is 4.79 Å². The van der Waals surface area contributed by atoms with E-state index in [4.69, 9.17) is 28.6 Å². The van der Waals surface area contributed by atoms with Crippen LogP contribution in [0.15, 0.2) is 53.4 Å². The van der Waals surface area contributed by atoms with Crippen LogP contribution < -0.4 is 10.0 Å². The molecule has 0 aliphatic rings. The fraction of sp³-hybridized carbons (Fsp3) is 0.364. The molecule has 0 aromatic heterocycles. The molecule has 1 unspecified atom stereocenters. The molecule has 0 heterocycles. The average molecular weight is 483 g/mol. The lowest BCUT2D eigenvalue weighted by molar-refractivity contribution is -0.142. The predicted octanol–water partition coefficient (Wildman–Crippen LogP) is 4.72. The summed E-state index contributed by atoms with van der Waals surface area (Å²) in [6.07, 6.45) is 2.48. The van der Waals surface area contributed by atoms with E-state index in [0.717, 1.165) is 18.4 Å². The Bertz CT molecular complexity index is 978. The molecule has 168 valence electrons. The summed E-state index contributed by atoms with van der Waals surface area (Å²) in [6, 6.07) is 12.6. The highest BCUT2D eigenvalue weighted by Crippen LogP contribution is 2.17. The summed E-state index contributed by atoms with van der Waals surface area (Å²) in [5.41, 5.74) is 1.53. The van der Waals surface area contributed by atoms with Gasteiger partial charge in [0, 0.05) is 10.7 Å². The van der Waals surface area contributed by atoms with E-state index in [1.165, 1.54) is 24.3 Å². The van der Waals surface area contributed by atoms with Crippen molar-refractivity contribution in [1.29, 1.82) is 0 Å². The van der Waals surface area contributed by atoms with Crippen molar-refractivity contribution in [1.82, 2.24) is 4.72 Å². The summed E-state index contributed by atoms with van der Waals surface area (Å²) in [6.45, 7) is 4.14. The van der Waals surface area contributed by atoms with Gasteiger partial charge in [0.2, 0.25) is 10.0 Å². The zero-order valence-corrected chi connectivity index (χ0v) is 19.9. The van der Waals surface area contributed by atoms with Gasteiger partial charge < -0.3 is 10.1 Å². The lowest BCUT2D eigenvalue weighted by atomic mass is 10.1. The number of thiocarbonyl (C=S) groups is 1. The number of halogens is 1. The molecule has 2 N–H and O–H groups in total. The zero-order chi connectivity index (χ0) is 22.9. The van der Waals surface area contributed by atoms with E-state index in [0.29, 0.717) is 28.7 Å². The number of carbonyl (C=O) groups excluding carboxylic acids is 1. The van der Waals surface area contributed by atoms with Gasteiger partial charge in [0.05, 0.1) is 29.0 Å². The molecule has 2 aromatic rings. The normalized spacial score (nSPS) is 12.2. The Labute approximate surface area is 194 Å². The summed E-state index contributed by atoms with van der Waals surface area (Å²) < 4.78 is 33.2. The minimum Gasteiger partial charge on any atom is -0.466 e. The molecule has 0 saturated heterocycles. The maximum absolute atomic E-state index is 12.8. The van der Waals surface area contributed by atoms with Crippen LogP contribution >= 0.6 is 23.8 Å². The average Bonchev–Trinajstić information content (AvgIpc) is 2.73. The Kier molecular flexibility index (Phi) is 9.90. The second-order valence-electron chi connectivity index (χ2n) is 6.94. The minimum atomic E-state index is -3.76. The third-order valence-electron chi connectivity index (χ3n) is 4.46. The van der Waals surface area contributed by atoms with E-state index in [9.17, 15) is 13.2 Å². The van der Waals surface area contributed by atoms with Crippen molar-refractivity contribution in [2.24, 2.45) is 0 Å². The van der Waals surface area contributed by atoms with Gasteiger partial charge in [0.1, 0.15) is 0 Å². The summed E-state index contributed by atoms with van der Waals surface area (Å²) in [7, 11) is -3.76. The lowest BCUT2D eigenvalue weighted by Crippen LogP contribution is -2.42.